The number of aromatic nitrogens is 2. The first-order valence-electron chi connectivity index (χ1n) is 8.56. The summed E-state index contributed by atoms with van der Waals surface area (Å²) in [4.78, 5) is 12.8. The van der Waals surface area contributed by atoms with Gasteiger partial charge < -0.3 is 15.2 Å². The van der Waals surface area contributed by atoms with Crippen molar-refractivity contribution in [2.24, 2.45) is 0 Å². The van der Waals surface area contributed by atoms with Crippen LogP contribution in [0.1, 0.15) is 22.3 Å². The predicted molar refractivity (Wildman–Crippen MR) is 99.8 cm³/mol. The molecule has 0 atom stereocenters. The van der Waals surface area contributed by atoms with Crippen molar-refractivity contribution in [1.82, 2.24) is 9.78 Å². The van der Waals surface area contributed by atoms with E-state index in [-0.39, 0.29) is 22.9 Å². The second-order valence-electron chi connectivity index (χ2n) is 6.00. The number of nitrogens with two attached hydrogens (primary N) is 1. The van der Waals surface area contributed by atoms with Crippen LogP contribution in [-0.4, -0.2) is 35.9 Å². The lowest BCUT2D eigenvalue weighted by Crippen LogP contribution is -2.09. The third-order valence-corrected chi connectivity index (χ3v) is 4.05. The minimum atomic E-state index is -0.833. The number of ether oxygens (including phenoxy) is 2. The summed E-state index contributed by atoms with van der Waals surface area (Å²) < 4.78 is 38.7. The molecule has 0 spiro atoms. The number of benzene rings is 2. The van der Waals surface area contributed by atoms with Gasteiger partial charge in [-0.15, -0.1) is 0 Å². The van der Waals surface area contributed by atoms with Crippen molar-refractivity contribution < 1.29 is 23.0 Å². The molecule has 0 unspecified atom stereocenters. The summed E-state index contributed by atoms with van der Waals surface area (Å²) in [6.45, 7) is 1.03. The highest BCUT2D eigenvalue weighted by Gasteiger charge is 2.20. The van der Waals surface area contributed by atoms with Gasteiger partial charge in [0.05, 0.1) is 18.4 Å². The Kier molecular flexibility index (Phi) is 6.00. The Morgan fingerprint density at radius 3 is 2.75 bits per heavy atom. The fraction of sp³-hybridized carbons (Fsp3) is 0.200. The van der Waals surface area contributed by atoms with Crippen LogP contribution in [0.5, 0.6) is 5.75 Å². The number of ketones is 1. The highest BCUT2D eigenvalue weighted by Crippen LogP contribution is 2.24. The van der Waals surface area contributed by atoms with E-state index in [1.807, 2.05) is 0 Å². The van der Waals surface area contributed by atoms with Gasteiger partial charge in [0.1, 0.15) is 23.1 Å². The van der Waals surface area contributed by atoms with Crippen LogP contribution in [0.3, 0.4) is 0 Å². The number of nitrogens with zero attached hydrogens (tertiary/aromatic N) is 2. The Morgan fingerprint density at radius 1 is 1.18 bits per heavy atom. The number of hydrogen-bond acceptors (Lipinski definition) is 5. The molecule has 0 aliphatic heterocycles. The van der Waals surface area contributed by atoms with Crippen LogP contribution >= 0.6 is 0 Å². The van der Waals surface area contributed by atoms with Crippen LogP contribution in [-0.2, 0) is 4.74 Å². The molecule has 2 aromatic carbocycles. The summed E-state index contributed by atoms with van der Waals surface area (Å²) in [7, 11) is 1.61. The third-order valence-electron chi connectivity index (χ3n) is 4.05. The lowest BCUT2D eigenvalue weighted by molar-refractivity contribution is 0.103. The highest BCUT2D eigenvalue weighted by molar-refractivity contribution is 6.11. The summed E-state index contributed by atoms with van der Waals surface area (Å²) in [5.74, 6) is -1.43. The van der Waals surface area contributed by atoms with Crippen LogP contribution in [0.15, 0.2) is 48.7 Å². The number of nitrogen functional groups attached to an aromatic ring is 1. The second-order valence-corrected chi connectivity index (χ2v) is 6.00. The number of rotatable bonds is 8. The Hall–Kier alpha value is -3.26. The molecule has 0 aliphatic rings. The van der Waals surface area contributed by atoms with Gasteiger partial charge in [-0.2, -0.15) is 5.10 Å². The minimum Gasteiger partial charge on any atom is -0.493 e. The maximum atomic E-state index is 14.0. The van der Waals surface area contributed by atoms with Crippen molar-refractivity contribution in [2.75, 3.05) is 26.1 Å². The normalized spacial score (nSPS) is 10.8. The Balaban J connectivity index is 1.83. The molecule has 146 valence electrons. The largest absolute Gasteiger partial charge is 0.493 e. The summed E-state index contributed by atoms with van der Waals surface area (Å²) in [5.41, 5.74) is 6.43. The molecule has 1 aromatic heterocycles. The molecular formula is C20H19F2N3O3. The smallest absolute Gasteiger partial charge is 0.198 e. The fourth-order valence-corrected chi connectivity index (χ4v) is 2.65. The third kappa shape index (κ3) is 4.17. The maximum Gasteiger partial charge on any atom is 0.198 e. The first kappa shape index (κ1) is 19.5. The van der Waals surface area contributed by atoms with Crippen LogP contribution in [0.2, 0.25) is 0 Å². The van der Waals surface area contributed by atoms with E-state index >= 15 is 0 Å². The molecular weight excluding hydrogens is 368 g/mol. The van der Waals surface area contributed by atoms with E-state index < -0.39 is 11.6 Å². The SMILES string of the molecule is COCCCOc1cccc(C(=O)c2cnn(-c3ccc(F)cc3F)c2N)c1. The first-order chi connectivity index (χ1) is 13.5. The molecule has 0 saturated heterocycles. The quantitative estimate of drug-likeness (QED) is 0.474. The highest BCUT2D eigenvalue weighted by atomic mass is 19.1. The number of anilines is 1. The zero-order valence-corrected chi connectivity index (χ0v) is 15.2. The van der Waals surface area contributed by atoms with Crippen LogP contribution < -0.4 is 10.5 Å². The summed E-state index contributed by atoms with van der Waals surface area (Å²) in [6, 6.07) is 9.68. The average Bonchev–Trinajstić information content (AvgIpc) is 3.06. The van der Waals surface area contributed by atoms with E-state index in [0.29, 0.717) is 24.5 Å². The van der Waals surface area contributed by atoms with Gasteiger partial charge in [-0.25, -0.2) is 13.5 Å². The monoisotopic (exact) mass is 387 g/mol. The van der Waals surface area contributed by atoms with Gasteiger partial charge in [0.15, 0.2) is 11.6 Å². The Labute approximate surface area is 160 Å². The molecule has 3 aromatic rings. The van der Waals surface area contributed by atoms with Crippen molar-refractivity contribution >= 4 is 11.6 Å². The molecule has 0 aliphatic carbocycles. The summed E-state index contributed by atoms with van der Waals surface area (Å²) >= 11 is 0. The Morgan fingerprint density at radius 2 is 2.00 bits per heavy atom. The first-order valence-corrected chi connectivity index (χ1v) is 8.56. The lowest BCUT2D eigenvalue weighted by atomic mass is 10.1. The molecule has 6 nitrogen and oxygen atoms in total. The zero-order chi connectivity index (χ0) is 20.1. The molecule has 0 bridgehead atoms. The molecule has 8 heteroatoms. The number of carbonyl (C=O) groups excluding carboxylic acids is 1. The molecule has 0 radical (unpaired) electrons. The van der Waals surface area contributed by atoms with Gasteiger partial charge in [0.25, 0.3) is 0 Å². The molecule has 0 amide bonds. The number of methoxy groups -OCH3 is 1. The van der Waals surface area contributed by atoms with Crippen molar-refractivity contribution in [1.29, 1.82) is 0 Å². The minimum absolute atomic E-state index is 0.0399. The molecule has 2 N–H and O–H groups in total. The van der Waals surface area contributed by atoms with Crippen LogP contribution in [0.4, 0.5) is 14.6 Å². The summed E-state index contributed by atoms with van der Waals surface area (Å²) in [6.07, 6.45) is 1.98. The van der Waals surface area contributed by atoms with Gasteiger partial charge in [-0.3, -0.25) is 4.79 Å². The van der Waals surface area contributed by atoms with Crippen LogP contribution in [0.25, 0.3) is 5.69 Å². The van der Waals surface area contributed by atoms with E-state index in [1.54, 1.807) is 31.4 Å². The molecule has 0 saturated carbocycles. The zero-order valence-electron chi connectivity index (χ0n) is 15.2. The number of hydrogen-bond donors (Lipinski definition) is 1. The van der Waals surface area contributed by atoms with Gasteiger partial charge >= 0.3 is 0 Å². The van der Waals surface area contributed by atoms with E-state index in [1.165, 1.54) is 12.3 Å². The van der Waals surface area contributed by atoms with Gasteiger partial charge in [-0.1, -0.05) is 12.1 Å². The van der Waals surface area contributed by atoms with E-state index in [9.17, 15) is 13.6 Å². The van der Waals surface area contributed by atoms with Gasteiger partial charge in [0.2, 0.25) is 0 Å². The van der Waals surface area contributed by atoms with Gasteiger partial charge in [-0.05, 0) is 24.3 Å². The summed E-state index contributed by atoms with van der Waals surface area (Å²) in [5, 5.41) is 3.98. The van der Waals surface area contributed by atoms with Crippen molar-refractivity contribution in [2.45, 2.75) is 6.42 Å². The Bertz CT molecular complexity index is 989. The maximum absolute atomic E-state index is 14.0. The topological polar surface area (TPSA) is 79.4 Å². The van der Waals surface area contributed by atoms with Crippen molar-refractivity contribution in [3.63, 3.8) is 0 Å². The lowest BCUT2D eigenvalue weighted by Gasteiger charge is -2.08. The standard InChI is InChI=1S/C20H19F2N3O3/c1-27-8-3-9-28-15-5-2-4-13(10-15)19(26)16-12-24-25(20(16)23)18-7-6-14(21)11-17(18)22/h2,4-7,10-12H,3,8-9,23H2,1H3. The second kappa shape index (κ2) is 8.62. The van der Waals surface area contributed by atoms with Crippen LogP contribution in [0, 0.1) is 11.6 Å². The van der Waals surface area contributed by atoms with E-state index in [0.717, 1.165) is 23.2 Å². The van der Waals surface area contributed by atoms with Crippen molar-refractivity contribution in [3.05, 3.63) is 71.4 Å². The number of halogens is 2. The fourth-order valence-electron chi connectivity index (χ4n) is 2.65. The average molecular weight is 387 g/mol. The predicted octanol–water partition coefficient (Wildman–Crippen LogP) is 3.38. The van der Waals surface area contributed by atoms with E-state index in [2.05, 4.69) is 5.10 Å². The molecule has 28 heavy (non-hydrogen) atoms. The molecule has 1 heterocycles. The van der Waals surface area contributed by atoms with Crippen molar-refractivity contribution in [3.8, 4) is 11.4 Å². The molecule has 3 rings (SSSR count). The molecule has 0 fully saturated rings. The van der Waals surface area contributed by atoms with Gasteiger partial charge in [0, 0.05) is 31.8 Å². The number of carbonyl (C=O) groups is 1. The van der Waals surface area contributed by atoms with E-state index in [4.69, 9.17) is 15.2 Å².